The van der Waals surface area contributed by atoms with E-state index in [1.165, 1.54) is 0 Å². The fraction of sp³-hybridized carbons (Fsp3) is 0.533. The van der Waals surface area contributed by atoms with Gasteiger partial charge in [-0.1, -0.05) is 28.1 Å². The molecule has 1 aromatic carbocycles. The van der Waals surface area contributed by atoms with Crippen LogP contribution in [-0.4, -0.2) is 36.8 Å². The molecule has 4 nitrogen and oxygen atoms in total. The zero-order valence-electron chi connectivity index (χ0n) is 11.7. The van der Waals surface area contributed by atoms with Crippen LogP contribution in [-0.2, 0) is 21.2 Å². The molecule has 114 valence electrons. The van der Waals surface area contributed by atoms with Crippen LogP contribution in [0.3, 0.4) is 0 Å². The highest BCUT2D eigenvalue weighted by molar-refractivity contribution is 9.10. The molecule has 1 amide bonds. The van der Waals surface area contributed by atoms with Gasteiger partial charge in [0.15, 0.2) is 9.84 Å². The summed E-state index contributed by atoms with van der Waals surface area (Å²) in [5, 5.41) is 0. The van der Waals surface area contributed by atoms with E-state index in [1.807, 2.05) is 29.2 Å². The molecule has 6 heteroatoms. The summed E-state index contributed by atoms with van der Waals surface area (Å²) in [6.07, 6.45) is 2.53. The summed E-state index contributed by atoms with van der Waals surface area (Å²) in [7, 11) is -3.01. The highest BCUT2D eigenvalue weighted by Crippen LogP contribution is 2.32. The van der Waals surface area contributed by atoms with Crippen molar-refractivity contribution in [3.8, 4) is 0 Å². The molecule has 2 fully saturated rings. The molecule has 1 atom stereocenters. The van der Waals surface area contributed by atoms with E-state index in [9.17, 15) is 13.2 Å². The zero-order chi connectivity index (χ0) is 15.0. The van der Waals surface area contributed by atoms with Crippen LogP contribution < -0.4 is 0 Å². The van der Waals surface area contributed by atoms with E-state index in [0.29, 0.717) is 19.0 Å². The van der Waals surface area contributed by atoms with Gasteiger partial charge in [-0.3, -0.25) is 4.79 Å². The van der Waals surface area contributed by atoms with Gasteiger partial charge in [-0.05, 0) is 37.0 Å². The lowest BCUT2D eigenvalue weighted by molar-refractivity contribution is -0.136. The summed E-state index contributed by atoms with van der Waals surface area (Å²) in [4.78, 5) is 14.5. The molecule has 0 aromatic heterocycles. The molecule has 0 N–H and O–H groups in total. The van der Waals surface area contributed by atoms with Crippen molar-refractivity contribution in [3.05, 3.63) is 34.3 Å². The van der Waals surface area contributed by atoms with Gasteiger partial charge in [0.1, 0.15) is 0 Å². The second-order valence-electron chi connectivity index (χ2n) is 5.93. The number of halogens is 1. The van der Waals surface area contributed by atoms with Crippen molar-refractivity contribution in [2.45, 2.75) is 31.8 Å². The SMILES string of the molecule is O=C(C1CCS(=O)(=O)C1)N(Cc1cccc(Br)c1)C1CC1. The van der Waals surface area contributed by atoms with Crippen molar-refractivity contribution >= 4 is 31.7 Å². The van der Waals surface area contributed by atoms with Gasteiger partial charge in [0, 0.05) is 17.1 Å². The smallest absolute Gasteiger partial charge is 0.227 e. The summed E-state index contributed by atoms with van der Waals surface area (Å²) in [5.74, 6) is -0.159. The lowest BCUT2D eigenvalue weighted by atomic mass is 10.1. The molecular weight excluding hydrogens is 354 g/mol. The molecule has 3 rings (SSSR count). The Kier molecular flexibility index (Phi) is 4.10. The number of nitrogens with zero attached hydrogens (tertiary/aromatic N) is 1. The summed E-state index contributed by atoms with van der Waals surface area (Å²) in [6, 6.07) is 8.21. The molecule has 1 aliphatic carbocycles. The lowest BCUT2D eigenvalue weighted by Gasteiger charge is -2.25. The predicted molar refractivity (Wildman–Crippen MR) is 84.5 cm³/mol. The van der Waals surface area contributed by atoms with E-state index in [2.05, 4.69) is 15.9 Å². The number of sulfone groups is 1. The molecule has 2 aliphatic rings. The van der Waals surface area contributed by atoms with Crippen molar-refractivity contribution in [3.63, 3.8) is 0 Å². The first-order chi connectivity index (χ1) is 9.94. The third-order valence-electron chi connectivity index (χ3n) is 4.09. The van der Waals surface area contributed by atoms with Crippen LogP contribution in [0, 0.1) is 5.92 Å². The number of rotatable bonds is 4. The second-order valence-corrected chi connectivity index (χ2v) is 9.07. The van der Waals surface area contributed by atoms with E-state index < -0.39 is 9.84 Å². The fourth-order valence-electron chi connectivity index (χ4n) is 2.83. The summed E-state index contributed by atoms with van der Waals surface area (Å²) in [5.41, 5.74) is 1.07. The molecule has 1 aromatic rings. The molecule has 0 radical (unpaired) electrons. The molecule has 1 aliphatic heterocycles. The van der Waals surface area contributed by atoms with Crippen LogP contribution >= 0.6 is 15.9 Å². The van der Waals surface area contributed by atoms with Crippen molar-refractivity contribution in [2.75, 3.05) is 11.5 Å². The molecule has 1 heterocycles. The first kappa shape index (κ1) is 15.0. The van der Waals surface area contributed by atoms with Gasteiger partial charge < -0.3 is 4.90 Å². The first-order valence-electron chi connectivity index (χ1n) is 7.20. The van der Waals surface area contributed by atoms with Gasteiger partial charge >= 0.3 is 0 Å². The number of hydrogen-bond acceptors (Lipinski definition) is 3. The van der Waals surface area contributed by atoms with Crippen molar-refractivity contribution in [1.29, 1.82) is 0 Å². The summed E-state index contributed by atoms with van der Waals surface area (Å²) < 4.78 is 24.2. The Labute approximate surface area is 133 Å². The third-order valence-corrected chi connectivity index (χ3v) is 6.36. The second kappa shape index (κ2) is 5.72. The molecule has 0 spiro atoms. The lowest BCUT2D eigenvalue weighted by Crippen LogP contribution is -2.37. The van der Waals surface area contributed by atoms with E-state index in [-0.39, 0.29) is 23.3 Å². The van der Waals surface area contributed by atoms with Gasteiger partial charge in [0.2, 0.25) is 5.91 Å². The Balaban J connectivity index is 1.74. The average Bonchev–Trinajstić information content (AvgIpc) is 3.19. The van der Waals surface area contributed by atoms with Crippen molar-refractivity contribution < 1.29 is 13.2 Å². The van der Waals surface area contributed by atoms with Crippen molar-refractivity contribution in [2.24, 2.45) is 5.92 Å². The minimum atomic E-state index is -3.01. The molecule has 1 saturated carbocycles. The predicted octanol–water partition coefficient (Wildman–Crippen LogP) is 2.37. The van der Waals surface area contributed by atoms with Gasteiger partial charge in [0.25, 0.3) is 0 Å². The highest BCUT2D eigenvalue weighted by Gasteiger charge is 2.40. The van der Waals surface area contributed by atoms with Crippen LogP contribution in [0.2, 0.25) is 0 Å². The Hall–Kier alpha value is -0.880. The first-order valence-corrected chi connectivity index (χ1v) is 9.81. The Morgan fingerprint density at radius 3 is 2.62 bits per heavy atom. The maximum atomic E-state index is 12.7. The largest absolute Gasteiger partial charge is 0.335 e. The summed E-state index contributed by atoms with van der Waals surface area (Å²) in [6.45, 7) is 0.569. The van der Waals surface area contributed by atoms with Crippen molar-refractivity contribution in [1.82, 2.24) is 4.90 Å². The van der Waals surface area contributed by atoms with Gasteiger partial charge in [-0.15, -0.1) is 0 Å². The third kappa shape index (κ3) is 3.66. The van der Waals surface area contributed by atoms with E-state index >= 15 is 0 Å². The van der Waals surface area contributed by atoms with Crippen LogP contribution in [0.5, 0.6) is 0 Å². The Bertz CT molecular complexity index is 655. The molecule has 1 unspecified atom stereocenters. The number of amides is 1. The van der Waals surface area contributed by atoms with Gasteiger partial charge in [-0.2, -0.15) is 0 Å². The van der Waals surface area contributed by atoms with Crippen LogP contribution in [0.4, 0.5) is 0 Å². The number of benzene rings is 1. The number of carbonyl (C=O) groups is 1. The average molecular weight is 372 g/mol. The number of hydrogen-bond donors (Lipinski definition) is 0. The topological polar surface area (TPSA) is 54.5 Å². The fourth-order valence-corrected chi connectivity index (χ4v) is 5.01. The van der Waals surface area contributed by atoms with Gasteiger partial charge in [-0.25, -0.2) is 8.42 Å². The van der Waals surface area contributed by atoms with Gasteiger partial charge in [0.05, 0.1) is 17.4 Å². The minimum absolute atomic E-state index is 0.0125. The van der Waals surface area contributed by atoms with E-state index in [4.69, 9.17) is 0 Å². The number of carbonyl (C=O) groups excluding carboxylic acids is 1. The molecule has 0 bridgehead atoms. The maximum absolute atomic E-state index is 12.7. The monoisotopic (exact) mass is 371 g/mol. The zero-order valence-corrected chi connectivity index (χ0v) is 14.1. The van der Waals surface area contributed by atoms with Crippen LogP contribution in [0.25, 0.3) is 0 Å². The molecular formula is C15H18BrNO3S. The van der Waals surface area contributed by atoms with E-state index in [0.717, 1.165) is 22.9 Å². The normalized spacial score (nSPS) is 24.0. The standard InChI is InChI=1S/C15H18BrNO3S/c16-13-3-1-2-11(8-13)9-17(14-4-5-14)15(18)12-6-7-21(19,20)10-12/h1-3,8,12,14H,4-7,9-10H2. The Morgan fingerprint density at radius 1 is 1.29 bits per heavy atom. The maximum Gasteiger partial charge on any atom is 0.227 e. The Morgan fingerprint density at radius 2 is 2.05 bits per heavy atom. The highest BCUT2D eigenvalue weighted by atomic mass is 79.9. The summed E-state index contributed by atoms with van der Waals surface area (Å²) >= 11 is 3.44. The minimum Gasteiger partial charge on any atom is -0.335 e. The molecule has 1 saturated heterocycles. The molecule has 21 heavy (non-hydrogen) atoms. The van der Waals surface area contributed by atoms with Crippen LogP contribution in [0.15, 0.2) is 28.7 Å². The van der Waals surface area contributed by atoms with Crippen LogP contribution in [0.1, 0.15) is 24.8 Å². The van der Waals surface area contributed by atoms with E-state index in [1.54, 1.807) is 0 Å². The quantitative estimate of drug-likeness (QED) is 0.816.